The summed E-state index contributed by atoms with van der Waals surface area (Å²) in [6, 6.07) is 9.08. The van der Waals surface area contributed by atoms with E-state index in [1.165, 1.54) is 0 Å². The maximum absolute atomic E-state index is 6.34. The second kappa shape index (κ2) is 8.65. The van der Waals surface area contributed by atoms with E-state index in [2.05, 4.69) is 5.32 Å². The largest absolute Gasteiger partial charge is 0.493 e. The smallest absolute Gasteiger partial charge is 0.180 e. The first-order valence-electron chi connectivity index (χ1n) is 7.19. The van der Waals surface area contributed by atoms with Gasteiger partial charge in [0, 0.05) is 22.2 Å². The highest BCUT2D eigenvalue weighted by Crippen LogP contribution is 2.37. The highest BCUT2D eigenvalue weighted by molar-refractivity contribution is 6.36. The van der Waals surface area contributed by atoms with Crippen molar-refractivity contribution < 1.29 is 9.47 Å². The lowest BCUT2D eigenvalue weighted by atomic mass is 10.2. The molecule has 0 amide bonds. The summed E-state index contributed by atoms with van der Waals surface area (Å²) in [4.78, 5) is 0. The van der Waals surface area contributed by atoms with Crippen LogP contribution in [0.25, 0.3) is 0 Å². The van der Waals surface area contributed by atoms with Crippen LogP contribution in [-0.4, -0.2) is 13.7 Å². The minimum absolute atomic E-state index is 0.209. The van der Waals surface area contributed by atoms with Gasteiger partial charge in [0.15, 0.2) is 11.5 Å². The molecule has 0 aliphatic heterocycles. The minimum atomic E-state index is 0.209. The van der Waals surface area contributed by atoms with Crippen molar-refractivity contribution in [3.8, 4) is 11.5 Å². The molecule has 0 heterocycles. The predicted octanol–water partition coefficient (Wildman–Crippen LogP) is 5.34. The minimum Gasteiger partial charge on any atom is -0.493 e. The Morgan fingerprint density at radius 1 is 1.04 bits per heavy atom. The second-order valence-electron chi connectivity index (χ2n) is 4.88. The van der Waals surface area contributed by atoms with Gasteiger partial charge in [-0.3, -0.25) is 0 Å². The average Bonchev–Trinajstić information content (AvgIpc) is 2.53. The number of methoxy groups -OCH3 is 1. The Morgan fingerprint density at radius 2 is 1.74 bits per heavy atom. The van der Waals surface area contributed by atoms with E-state index in [0.717, 1.165) is 12.1 Å². The molecule has 124 valence electrons. The first-order chi connectivity index (χ1) is 11.1. The second-order valence-corrected chi connectivity index (χ2v) is 6.10. The molecule has 2 rings (SSSR count). The number of halogens is 3. The summed E-state index contributed by atoms with van der Waals surface area (Å²) in [6.45, 7) is 3.84. The Kier molecular flexibility index (Phi) is 6.85. The first-order valence-corrected chi connectivity index (χ1v) is 8.33. The van der Waals surface area contributed by atoms with Crippen LogP contribution in [0.5, 0.6) is 11.5 Å². The van der Waals surface area contributed by atoms with Crippen LogP contribution in [0.2, 0.25) is 15.1 Å². The van der Waals surface area contributed by atoms with E-state index in [1.807, 2.05) is 19.1 Å². The van der Waals surface area contributed by atoms with Gasteiger partial charge in [-0.2, -0.15) is 0 Å². The molecule has 2 aromatic rings. The van der Waals surface area contributed by atoms with Gasteiger partial charge >= 0.3 is 0 Å². The molecule has 0 aromatic heterocycles. The van der Waals surface area contributed by atoms with Gasteiger partial charge in [-0.15, -0.1) is 0 Å². The summed E-state index contributed by atoms with van der Waals surface area (Å²) in [5, 5.41) is 4.84. The third kappa shape index (κ3) is 4.67. The average molecular weight is 375 g/mol. The van der Waals surface area contributed by atoms with Crippen molar-refractivity contribution in [2.24, 2.45) is 0 Å². The standard InChI is InChI=1S/C17H18Cl3NO2/c1-3-21-9-11-7-15(20)17(16(8-11)22-2)23-10-12-13(18)5-4-6-14(12)19/h4-8,21H,3,9-10H2,1-2H3. The first kappa shape index (κ1) is 18.2. The Bertz CT molecular complexity index is 657. The highest BCUT2D eigenvalue weighted by Gasteiger charge is 2.14. The zero-order chi connectivity index (χ0) is 16.8. The zero-order valence-corrected chi connectivity index (χ0v) is 15.2. The molecular formula is C17H18Cl3NO2. The zero-order valence-electron chi connectivity index (χ0n) is 13.0. The number of hydrogen-bond acceptors (Lipinski definition) is 3. The van der Waals surface area contributed by atoms with Gasteiger partial charge < -0.3 is 14.8 Å². The molecule has 2 aromatic carbocycles. The molecule has 23 heavy (non-hydrogen) atoms. The summed E-state index contributed by atoms with van der Waals surface area (Å²) in [5.41, 5.74) is 1.74. The maximum Gasteiger partial charge on any atom is 0.180 e. The number of ether oxygens (including phenoxy) is 2. The lowest BCUT2D eigenvalue weighted by molar-refractivity contribution is 0.284. The van der Waals surface area contributed by atoms with Crippen molar-refractivity contribution in [3.05, 3.63) is 56.5 Å². The molecule has 0 aliphatic rings. The normalized spacial score (nSPS) is 10.7. The van der Waals surface area contributed by atoms with Gasteiger partial charge in [-0.1, -0.05) is 47.8 Å². The van der Waals surface area contributed by atoms with Crippen molar-refractivity contribution >= 4 is 34.8 Å². The molecule has 0 atom stereocenters. The van der Waals surface area contributed by atoms with E-state index in [9.17, 15) is 0 Å². The van der Waals surface area contributed by atoms with Crippen molar-refractivity contribution in [2.75, 3.05) is 13.7 Å². The van der Waals surface area contributed by atoms with Crippen LogP contribution in [0.3, 0.4) is 0 Å². The van der Waals surface area contributed by atoms with E-state index in [1.54, 1.807) is 25.3 Å². The van der Waals surface area contributed by atoms with Crippen LogP contribution in [0.1, 0.15) is 18.1 Å². The van der Waals surface area contributed by atoms with Crippen molar-refractivity contribution in [1.29, 1.82) is 0 Å². The molecule has 0 bridgehead atoms. The van der Waals surface area contributed by atoms with Crippen LogP contribution < -0.4 is 14.8 Å². The van der Waals surface area contributed by atoms with Crippen molar-refractivity contribution in [2.45, 2.75) is 20.1 Å². The molecule has 0 saturated carbocycles. The van der Waals surface area contributed by atoms with Crippen LogP contribution in [0, 0.1) is 0 Å². The van der Waals surface area contributed by atoms with E-state index >= 15 is 0 Å². The molecule has 0 fully saturated rings. The Hall–Kier alpha value is -1.13. The monoisotopic (exact) mass is 373 g/mol. The Balaban J connectivity index is 2.22. The van der Waals surface area contributed by atoms with Crippen LogP contribution >= 0.6 is 34.8 Å². The Labute approximate surface area is 151 Å². The van der Waals surface area contributed by atoms with Crippen molar-refractivity contribution in [3.63, 3.8) is 0 Å². The number of benzene rings is 2. The molecule has 0 saturated heterocycles. The third-order valence-corrected chi connectivity index (χ3v) is 4.28. The van der Waals surface area contributed by atoms with Crippen LogP contribution in [0.15, 0.2) is 30.3 Å². The van der Waals surface area contributed by atoms with Gasteiger partial charge in [0.05, 0.1) is 12.1 Å². The fraction of sp³-hybridized carbons (Fsp3) is 0.294. The lowest BCUT2D eigenvalue weighted by Gasteiger charge is -2.15. The molecule has 3 nitrogen and oxygen atoms in total. The van der Waals surface area contributed by atoms with Gasteiger partial charge in [-0.25, -0.2) is 0 Å². The molecule has 0 radical (unpaired) electrons. The van der Waals surface area contributed by atoms with E-state index in [-0.39, 0.29) is 6.61 Å². The van der Waals surface area contributed by atoms with E-state index < -0.39 is 0 Å². The summed E-state index contributed by atoms with van der Waals surface area (Å²) in [7, 11) is 1.58. The SMILES string of the molecule is CCNCc1cc(Cl)c(OCc2c(Cl)cccc2Cl)c(OC)c1. The molecule has 1 N–H and O–H groups in total. The van der Waals surface area contributed by atoms with Crippen LogP contribution in [0.4, 0.5) is 0 Å². The Morgan fingerprint density at radius 3 is 2.35 bits per heavy atom. The third-order valence-electron chi connectivity index (χ3n) is 3.29. The summed E-state index contributed by atoms with van der Waals surface area (Å²) in [5.74, 6) is 1.05. The van der Waals surface area contributed by atoms with Gasteiger partial charge in [0.1, 0.15) is 6.61 Å². The number of hydrogen-bond donors (Lipinski definition) is 1. The van der Waals surface area contributed by atoms with Gasteiger partial charge in [-0.05, 0) is 36.4 Å². The van der Waals surface area contributed by atoms with Crippen molar-refractivity contribution in [1.82, 2.24) is 5.32 Å². The molecule has 0 aliphatic carbocycles. The number of nitrogens with one attached hydrogen (secondary N) is 1. The topological polar surface area (TPSA) is 30.5 Å². The fourth-order valence-corrected chi connectivity index (χ4v) is 2.89. The lowest BCUT2D eigenvalue weighted by Crippen LogP contribution is -2.12. The molecule has 6 heteroatoms. The predicted molar refractivity (Wildman–Crippen MR) is 96.2 cm³/mol. The maximum atomic E-state index is 6.34. The van der Waals surface area contributed by atoms with Gasteiger partial charge in [0.2, 0.25) is 0 Å². The molecule has 0 spiro atoms. The quantitative estimate of drug-likeness (QED) is 0.709. The summed E-state index contributed by atoms with van der Waals surface area (Å²) in [6.07, 6.45) is 0. The fourth-order valence-electron chi connectivity index (χ4n) is 2.10. The summed E-state index contributed by atoms with van der Waals surface area (Å²) < 4.78 is 11.2. The van der Waals surface area contributed by atoms with E-state index in [4.69, 9.17) is 44.3 Å². The van der Waals surface area contributed by atoms with Gasteiger partial charge in [0.25, 0.3) is 0 Å². The van der Waals surface area contributed by atoms with E-state index in [0.29, 0.717) is 38.7 Å². The molecule has 0 unspecified atom stereocenters. The number of rotatable bonds is 7. The van der Waals surface area contributed by atoms with Crippen LogP contribution in [-0.2, 0) is 13.2 Å². The summed E-state index contributed by atoms with van der Waals surface area (Å²) >= 11 is 18.6. The highest BCUT2D eigenvalue weighted by atomic mass is 35.5. The molecular weight excluding hydrogens is 357 g/mol.